The summed E-state index contributed by atoms with van der Waals surface area (Å²) in [7, 11) is 1.30. The average molecular weight is 372 g/mol. The summed E-state index contributed by atoms with van der Waals surface area (Å²) in [6.45, 7) is 11.6. The maximum Gasteiger partial charge on any atom is 0.341 e. The topological polar surface area (TPSA) is 86.0 Å². The lowest BCUT2D eigenvalue weighted by Gasteiger charge is -2.23. The van der Waals surface area contributed by atoms with E-state index in [0.29, 0.717) is 22.7 Å². The Hall–Kier alpha value is -2.60. The number of carbonyl (C=O) groups excluding carboxylic acids is 2. The van der Waals surface area contributed by atoms with Gasteiger partial charge in [-0.3, -0.25) is 0 Å². The molecule has 0 spiro atoms. The van der Waals surface area contributed by atoms with Crippen LogP contribution in [0.1, 0.15) is 48.1 Å². The first-order valence-corrected chi connectivity index (χ1v) is 8.84. The van der Waals surface area contributed by atoms with E-state index in [-0.39, 0.29) is 18.8 Å². The number of fused-ring (bicyclic) bond motifs is 3. The van der Waals surface area contributed by atoms with Gasteiger partial charge in [0.2, 0.25) is 0 Å². The molecule has 27 heavy (non-hydrogen) atoms. The molecule has 1 aromatic rings. The molecule has 144 valence electrons. The van der Waals surface area contributed by atoms with Crippen molar-refractivity contribution in [2.24, 2.45) is 5.92 Å². The number of esters is 2. The van der Waals surface area contributed by atoms with Gasteiger partial charge in [-0.05, 0) is 26.0 Å². The second kappa shape index (κ2) is 7.19. The standard InChI is InChI=1S/C21H24O6/c1-10(2)13-8-16-14(21(24)25-5)9-18(26-16)19(11(3)4)17-7-12(6-15(13)22)20(23)27-17/h7,9,13,15,17,19,22H,1,3,6,8H2,2,4-5H3/t13-,15+,17-,19-/m1/s1. The fourth-order valence-electron chi connectivity index (χ4n) is 3.74. The summed E-state index contributed by atoms with van der Waals surface area (Å²) < 4.78 is 16.4. The second-order valence-corrected chi connectivity index (χ2v) is 7.29. The van der Waals surface area contributed by atoms with Gasteiger partial charge in [0, 0.05) is 24.3 Å². The van der Waals surface area contributed by atoms with Gasteiger partial charge < -0.3 is 19.0 Å². The zero-order valence-corrected chi connectivity index (χ0v) is 15.8. The van der Waals surface area contributed by atoms with Crippen LogP contribution in [0.4, 0.5) is 0 Å². The SMILES string of the molecule is C=C(C)[C@H]1Cc2oc(cc2C(=O)OC)[C@H](C(=C)C)[C@H]2C=C(C[C@@H]1O)C(=O)O2. The number of carbonyl (C=O) groups is 2. The van der Waals surface area contributed by atoms with E-state index >= 15 is 0 Å². The molecule has 0 saturated carbocycles. The Kier molecular flexibility index (Phi) is 5.11. The van der Waals surface area contributed by atoms with Gasteiger partial charge >= 0.3 is 11.9 Å². The van der Waals surface area contributed by atoms with Crippen LogP contribution in [0.5, 0.6) is 0 Å². The summed E-state index contributed by atoms with van der Waals surface area (Å²) >= 11 is 0. The molecular formula is C21H24O6. The molecule has 0 amide bonds. The van der Waals surface area contributed by atoms with Gasteiger partial charge in [0.15, 0.2) is 0 Å². The molecular weight excluding hydrogens is 348 g/mol. The Labute approximate surface area is 158 Å². The zero-order chi connectivity index (χ0) is 19.9. The fraction of sp³-hybridized carbons (Fsp3) is 0.429. The van der Waals surface area contributed by atoms with Gasteiger partial charge in [0.05, 0.1) is 19.1 Å². The van der Waals surface area contributed by atoms with E-state index in [1.807, 2.05) is 6.92 Å². The first-order valence-electron chi connectivity index (χ1n) is 8.84. The van der Waals surface area contributed by atoms with Crippen LogP contribution in [0, 0.1) is 5.92 Å². The Balaban J connectivity index is 2.18. The molecule has 0 aromatic carbocycles. The Morgan fingerprint density at radius 3 is 2.56 bits per heavy atom. The van der Waals surface area contributed by atoms with Gasteiger partial charge in [-0.25, -0.2) is 9.59 Å². The number of hydrogen-bond donors (Lipinski definition) is 1. The molecule has 2 aliphatic rings. The quantitative estimate of drug-likeness (QED) is 0.648. The molecule has 1 N–H and O–H groups in total. The van der Waals surface area contributed by atoms with Gasteiger partial charge in [-0.15, -0.1) is 0 Å². The number of methoxy groups -OCH3 is 1. The van der Waals surface area contributed by atoms with Crippen molar-refractivity contribution in [1.82, 2.24) is 0 Å². The summed E-state index contributed by atoms with van der Waals surface area (Å²) in [6.07, 6.45) is 0.682. The van der Waals surface area contributed by atoms with E-state index in [0.717, 1.165) is 11.1 Å². The highest BCUT2D eigenvalue weighted by Crippen LogP contribution is 2.39. The molecule has 3 rings (SSSR count). The third-order valence-corrected chi connectivity index (χ3v) is 5.20. The van der Waals surface area contributed by atoms with Crippen molar-refractivity contribution in [2.75, 3.05) is 7.11 Å². The van der Waals surface area contributed by atoms with E-state index in [4.69, 9.17) is 13.9 Å². The van der Waals surface area contributed by atoms with Crippen LogP contribution >= 0.6 is 0 Å². The van der Waals surface area contributed by atoms with Crippen molar-refractivity contribution >= 4 is 11.9 Å². The predicted molar refractivity (Wildman–Crippen MR) is 98.2 cm³/mol. The third kappa shape index (κ3) is 3.49. The average Bonchev–Trinajstić information content (AvgIpc) is 3.14. The van der Waals surface area contributed by atoms with Crippen LogP contribution in [0.15, 0.2) is 46.4 Å². The highest BCUT2D eigenvalue weighted by atomic mass is 16.5. The van der Waals surface area contributed by atoms with Crippen molar-refractivity contribution in [2.45, 2.75) is 44.8 Å². The van der Waals surface area contributed by atoms with E-state index in [9.17, 15) is 14.7 Å². The summed E-state index contributed by atoms with van der Waals surface area (Å²) in [5.41, 5.74) is 2.20. The van der Waals surface area contributed by atoms with E-state index in [2.05, 4.69) is 13.2 Å². The molecule has 0 fully saturated rings. The lowest BCUT2D eigenvalue weighted by Crippen LogP contribution is -2.25. The molecule has 4 bridgehead atoms. The van der Waals surface area contributed by atoms with Crippen LogP contribution in [0.3, 0.4) is 0 Å². The number of aliphatic hydroxyl groups excluding tert-OH is 1. The molecule has 3 heterocycles. The largest absolute Gasteiger partial charge is 0.465 e. The number of ether oxygens (including phenoxy) is 2. The van der Waals surface area contributed by atoms with Crippen LogP contribution in [0.2, 0.25) is 0 Å². The zero-order valence-electron chi connectivity index (χ0n) is 15.8. The van der Waals surface area contributed by atoms with E-state index in [1.54, 1.807) is 19.1 Å². The lowest BCUT2D eigenvalue weighted by molar-refractivity contribution is -0.140. The van der Waals surface area contributed by atoms with Crippen molar-refractivity contribution in [3.8, 4) is 0 Å². The van der Waals surface area contributed by atoms with Crippen molar-refractivity contribution in [1.29, 1.82) is 0 Å². The fourth-order valence-corrected chi connectivity index (χ4v) is 3.74. The van der Waals surface area contributed by atoms with Crippen LogP contribution in [-0.2, 0) is 20.7 Å². The van der Waals surface area contributed by atoms with Crippen LogP contribution < -0.4 is 0 Å². The van der Waals surface area contributed by atoms with E-state index < -0.39 is 30.1 Å². The Morgan fingerprint density at radius 1 is 1.26 bits per heavy atom. The molecule has 6 nitrogen and oxygen atoms in total. The van der Waals surface area contributed by atoms with Crippen LogP contribution in [-0.4, -0.2) is 36.4 Å². The number of hydrogen-bond acceptors (Lipinski definition) is 6. The smallest absolute Gasteiger partial charge is 0.341 e. The van der Waals surface area contributed by atoms with Crippen molar-refractivity contribution in [3.05, 3.63) is 59.1 Å². The number of furan rings is 1. The minimum Gasteiger partial charge on any atom is -0.465 e. The first-order chi connectivity index (χ1) is 12.7. The molecule has 0 radical (unpaired) electrons. The summed E-state index contributed by atoms with van der Waals surface area (Å²) in [5, 5.41) is 10.7. The highest BCUT2D eigenvalue weighted by Gasteiger charge is 2.39. The molecule has 0 unspecified atom stereocenters. The third-order valence-electron chi connectivity index (χ3n) is 5.20. The first kappa shape index (κ1) is 19.2. The molecule has 2 aliphatic heterocycles. The van der Waals surface area contributed by atoms with Gasteiger partial charge in [0.25, 0.3) is 0 Å². The summed E-state index contributed by atoms with van der Waals surface area (Å²) in [6, 6.07) is 1.61. The number of rotatable bonds is 3. The lowest BCUT2D eigenvalue weighted by atomic mass is 9.85. The normalized spacial score (nSPS) is 27.3. The molecule has 4 atom stereocenters. The maximum atomic E-state index is 12.3. The van der Waals surface area contributed by atoms with Crippen molar-refractivity contribution < 1.29 is 28.6 Å². The molecule has 1 aromatic heterocycles. The number of aliphatic hydroxyl groups is 1. The monoisotopic (exact) mass is 372 g/mol. The summed E-state index contributed by atoms with van der Waals surface area (Å²) in [5.74, 6) is -0.892. The van der Waals surface area contributed by atoms with Gasteiger partial charge in [0.1, 0.15) is 23.2 Å². The summed E-state index contributed by atoms with van der Waals surface area (Å²) in [4.78, 5) is 24.5. The molecule has 0 aliphatic carbocycles. The predicted octanol–water partition coefficient (Wildman–Crippen LogP) is 3.08. The van der Waals surface area contributed by atoms with E-state index in [1.165, 1.54) is 7.11 Å². The second-order valence-electron chi connectivity index (χ2n) is 7.29. The Morgan fingerprint density at radius 2 is 1.96 bits per heavy atom. The molecule has 6 heteroatoms. The molecule has 0 saturated heterocycles. The Bertz CT molecular complexity index is 843. The van der Waals surface area contributed by atoms with Gasteiger partial charge in [-0.2, -0.15) is 0 Å². The maximum absolute atomic E-state index is 12.3. The van der Waals surface area contributed by atoms with Crippen LogP contribution in [0.25, 0.3) is 0 Å². The highest BCUT2D eigenvalue weighted by molar-refractivity contribution is 5.92. The van der Waals surface area contributed by atoms with Gasteiger partial charge in [-0.1, -0.05) is 24.3 Å². The van der Waals surface area contributed by atoms with Crippen molar-refractivity contribution in [3.63, 3.8) is 0 Å². The minimum atomic E-state index is -0.861. The minimum absolute atomic E-state index is 0.148.